The number of amidine groups is 2. The molecule has 0 bridgehead atoms. The van der Waals surface area contributed by atoms with Crippen molar-refractivity contribution in [2.75, 3.05) is 0 Å². The second-order valence-electron chi connectivity index (χ2n) is 15.3. The lowest BCUT2D eigenvalue weighted by molar-refractivity contribution is 0.563. The highest BCUT2D eigenvalue weighted by Gasteiger charge is 2.53. The van der Waals surface area contributed by atoms with Gasteiger partial charge in [-0.05, 0) is 72.1 Å². The zero-order chi connectivity index (χ0) is 36.0. The van der Waals surface area contributed by atoms with Crippen LogP contribution in [0.2, 0.25) is 0 Å². The van der Waals surface area contributed by atoms with E-state index < -0.39 is 11.6 Å². The predicted molar refractivity (Wildman–Crippen MR) is 223 cm³/mol. The Kier molecular flexibility index (Phi) is 6.58. The smallest absolute Gasteiger partial charge is 0.170 e. The van der Waals surface area contributed by atoms with Gasteiger partial charge in [-0.2, -0.15) is 0 Å². The van der Waals surface area contributed by atoms with Crippen LogP contribution in [-0.2, 0) is 10.8 Å². The molecule has 3 heteroatoms. The Morgan fingerprint density at radius 1 is 0.426 bits per heavy atom. The third-order valence-corrected chi connectivity index (χ3v) is 12.2. The topological polar surface area (TPSA) is 36.8 Å². The average Bonchev–Trinajstić information content (AvgIpc) is 3.52. The third-order valence-electron chi connectivity index (χ3n) is 12.2. The first-order valence-corrected chi connectivity index (χ1v) is 18.9. The molecule has 1 spiro atoms. The highest BCUT2D eigenvalue weighted by Crippen LogP contribution is 2.62. The van der Waals surface area contributed by atoms with Crippen LogP contribution >= 0.6 is 0 Å². The van der Waals surface area contributed by atoms with Crippen LogP contribution in [0, 0.1) is 0 Å². The molecule has 1 unspecified atom stereocenters. The second-order valence-corrected chi connectivity index (χ2v) is 15.3. The molecule has 0 saturated heterocycles. The van der Waals surface area contributed by atoms with Gasteiger partial charge in [0.1, 0.15) is 11.7 Å². The Morgan fingerprint density at radius 2 is 0.944 bits per heavy atom. The van der Waals surface area contributed by atoms with E-state index in [4.69, 9.17) is 9.98 Å². The van der Waals surface area contributed by atoms with E-state index in [0.717, 1.165) is 33.7 Å². The molecule has 1 N–H and O–H groups in total. The van der Waals surface area contributed by atoms with Gasteiger partial charge < -0.3 is 5.32 Å². The number of hydrogen-bond donors (Lipinski definition) is 1. The van der Waals surface area contributed by atoms with Crippen molar-refractivity contribution in [1.82, 2.24) is 5.32 Å². The van der Waals surface area contributed by atoms with E-state index in [0.29, 0.717) is 0 Å². The van der Waals surface area contributed by atoms with Gasteiger partial charge in [0, 0.05) is 22.1 Å². The maximum atomic E-state index is 5.42. The fraction of sp³-hybridized carbons (Fsp3) is 0.0980. The van der Waals surface area contributed by atoms with Crippen LogP contribution in [0.5, 0.6) is 0 Å². The van der Waals surface area contributed by atoms with Crippen molar-refractivity contribution in [2.24, 2.45) is 9.98 Å². The maximum absolute atomic E-state index is 5.42. The van der Waals surface area contributed by atoms with Gasteiger partial charge in [0.25, 0.3) is 0 Å². The number of rotatable bonds is 3. The fourth-order valence-electron chi connectivity index (χ4n) is 9.79. The zero-order valence-electron chi connectivity index (χ0n) is 30.2. The van der Waals surface area contributed by atoms with Gasteiger partial charge in [0.2, 0.25) is 0 Å². The van der Waals surface area contributed by atoms with Crippen molar-refractivity contribution < 1.29 is 0 Å². The predicted octanol–water partition coefficient (Wildman–Crippen LogP) is 11.5. The monoisotopic (exact) mass is 691 g/mol. The summed E-state index contributed by atoms with van der Waals surface area (Å²) in [5, 5.41) is 8.44. The van der Waals surface area contributed by atoms with Gasteiger partial charge in [-0.1, -0.05) is 184 Å². The van der Waals surface area contributed by atoms with Gasteiger partial charge in [-0.3, -0.25) is 0 Å². The van der Waals surface area contributed by atoms with Gasteiger partial charge in [0.15, 0.2) is 6.17 Å². The molecule has 3 aliphatic rings. The number of aliphatic imine (C=N–C) groups is 2. The van der Waals surface area contributed by atoms with Crippen LogP contribution in [-0.4, -0.2) is 11.7 Å². The Morgan fingerprint density at radius 3 is 1.69 bits per heavy atom. The van der Waals surface area contributed by atoms with Crippen molar-refractivity contribution in [2.45, 2.75) is 30.8 Å². The van der Waals surface area contributed by atoms with Gasteiger partial charge in [-0.15, -0.1) is 0 Å². The number of nitrogens with one attached hydrogen (secondary N) is 1. The standard InChI is InChI=1S/C51H37N3/c1-50(2)43-25-9-11-27-45(43)51(46-28-12-10-26-44(46)50)41-24-8-7-21-37(41)40-31-34(29-30-42(40)51)47-52-48(38-22-13-17-32-15-3-5-19-35(32)38)54-49(53-47)39-23-14-18-33-16-4-6-20-36(33)39/h3-31,48H,1-2H3,(H,52,53,54). The Balaban J connectivity index is 1.14. The maximum Gasteiger partial charge on any atom is 0.170 e. The average molecular weight is 692 g/mol. The molecule has 0 aromatic heterocycles. The fourth-order valence-corrected chi connectivity index (χ4v) is 9.79. The summed E-state index contributed by atoms with van der Waals surface area (Å²) in [5.74, 6) is 1.64. The third kappa shape index (κ3) is 4.24. The van der Waals surface area contributed by atoms with E-state index in [-0.39, 0.29) is 5.41 Å². The second kappa shape index (κ2) is 11.5. The van der Waals surface area contributed by atoms with Crippen LogP contribution in [0.4, 0.5) is 0 Å². The summed E-state index contributed by atoms with van der Waals surface area (Å²) in [5.41, 5.74) is 13.3. The van der Waals surface area contributed by atoms with Crippen molar-refractivity contribution in [3.63, 3.8) is 0 Å². The van der Waals surface area contributed by atoms with Crippen LogP contribution in [0.1, 0.15) is 70.1 Å². The molecule has 11 rings (SSSR count). The van der Waals surface area contributed by atoms with Crippen LogP contribution in [0.3, 0.4) is 0 Å². The minimum absolute atomic E-state index is 0.134. The summed E-state index contributed by atoms with van der Waals surface area (Å²) in [6.45, 7) is 4.74. The number of hydrogen-bond acceptors (Lipinski definition) is 3. The first-order chi connectivity index (χ1) is 26.5. The molecule has 1 atom stereocenters. The SMILES string of the molecule is CC1(C)c2ccccc2C2(c3ccccc3-c3cc(C4=NC(c5cccc6ccccc56)N=C(c5cccc6ccccc56)N4)ccc32)c2ccccc21. The first kappa shape index (κ1) is 31.0. The molecule has 0 fully saturated rings. The lowest BCUT2D eigenvalue weighted by atomic mass is 9.55. The van der Waals surface area contributed by atoms with Crippen molar-refractivity contribution in [3.05, 3.63) is 226 Å². The summed E-state index contributed by atoms with van der Waals surface area (Å²) in [6.07, 6.45) is -0.424. The van der Waals surface area contributed by atoms with Gasteiger partial charge in [0.05, 0.1) is 5.41 Å². The largest absolute Gasteiger partial charge is 0.324 e. The quantitative estimate of drug-likeness (QED) is 0.197. The summed E-state index contributed by atoms with van der Waals surface area (Å²) in [6, 6.07) is 64.2. The lowest BCUT2D eigenvalue weighted by Gasteiger charge is -2.46. The molecule has 0 amide bonds. The number of nitrogens with zero attached hydrogens (tertiary/aromatic N) is 2. The van der Waals surface area contributed by atoms with E-state index >= 15 is 0 Å². The van der Waals surface area contributed by atoms with E-state index in [1.54, 1.807) is 0 Å². The normalized spacial score (nSPS) is 17.2. The molecule has 8 aromatic rings. The lowest BCUT2D eigenvalue weighted by Crippen LogP contribution is -2.40. The van der Waals surface area contributed by atoms with E-state index in [9.17, 15) is 0 Å². The van der Waals surface area contributed by atoms with Crippen molar-refractivity contribution in [1.29, 1.82) is 0 Å². The van der Waals surface area contributed by atoms with E-state index in [1.165, 1.54) is 60.7 Å². The molecule has 0 saturated carbocycles. The molecule has 2 aliphatic carbocycles. The highest BCUT2D eigenvalue weighted by molar-refractivity contribution is 6.20. The Labute approximate surface area is 315 Å². The summed E-state index contributed by atoms with van der Waals surface area (Å²) >= 11 is 0. The van der Waals surface area contributed by atoms with Crippen molar-refractivity contribution >= 4 is 33.2 Å². The zero-order valence-corrected chi connectivity index (χ0v) is 30.2. The van der Waals surface area contributed by atoms with Crippen LogP contribution in [0.25, 0.3) is 32.7 Å². The molecule has 54 heavy (non-hydrogen) atoms. The Bertz CT molecular complexity index is 2850. The summed E-state index contributed by atoms with van der Waals surface area (Å²) in [4.78, 5) is 10.8. The van der Waals surface area contributed by atoms with Crippen LogP contribution in [0.15, 0.2) is 186 Å². The summed E-state index contributed by atoms with van der Waals surface area (Å²) < 4.78 is 0. The molecule has 1 heterocycles. The number of fused-ring (bicyclic) bond motifs is 11. The molecule has 8 aromatic carbocycles. The van der Waals surface area contributed by atoms with Crippen LogP contribution < -0.4 is 5.32 Å². The molecule has 3 nitrogen and oxygen atoms in total. The molecular formula is C51H37N3. The first-order valence-electron chi connectivity index (χ1n) is 18.9. The molecule has 1 aliphatic heterocycles. The van der Waals surface area contributed by atoms with E-state index in [1.807, 2.05) is 0 Å². The minimum atomic E-state index is -0.434. The van der Waals surface area contributed by atoms with Gasteiger partial charge in [-0.25, -0.2) is 9.98 Å². The Hall–Kier alpha value is -6.58. The van der Waals surface area contributed by atoms with Gasteiger partial charge >= 0.3 is 0 Å². The summed E-state index contributed by atoms with van der Waals surface area (Å²) in [7, 11) is 0. The number of benzene rings is 8. The molecule has 256 valence electrons. The molecular weight excluding hydrogens is 655 g/mol. The highest BCUT2D eigenvalue weighted by atomic mass is 15.2. The van der Waals surface area contributed by atoms with Crippen molar-refractivity contribution in [3.8, 4) is 11.1 Å². The van der Waals surface area contributed by atoms with E-state index in [2.05, 4.69) is 195 Å². The molecule has 0 radical (unpaired) electrons. The minimum Gasteiger partial charge on any atom is -0.324 e.